The molecule has 0 fully saturated rings. The van der Waals surface area contributed by atoms with Crippen molar-refractivity contribution in [3.05, 3.63) is 91.8 Å². The summed E-state index contributed by atoms with van der Waals surface area (Å²) in [7, 11) is 1.86. The molecule has 1 aromatic carbocycles. The second-order valence-electron chi connectivity index (χ2n) is 5.57. The number of fused-ring (bicyclic) bond motifs is 1. The van der Waals surface area contributed by atoms with Crippen molar-refractivity contribution in [1.82, 2.24) is 15.0 Å². The van der Waals surface area contributed by atoms with Gasteiger partial charge in [0.05, 0.1) is 5.52 Å². The molecule has 0 saturated heterocycles. The van der Waals surface area contributed by atoms with Crippen LogP contribution < -0.4 is 5.32 Å². The zero-order valence-corrected chi connectivity index (χ0v) is 14.7. The summed E-state index contributed by atoms with van der Waals surface area (Å²) in [4.78, 5) is 13.5. The Balaban J connectivity index is 2.13. The molecular formula is C22H20N4. The highest BCUT2D eigenvalue weighted by molar-refractivity contribution is 5.94. The van der Waals surface area contributed by atoms with Gasteiger partial charge in [-0.05, 0) is 35.4 Å². The first-order chi connectivity index (χ1) is 12.8. The van der Waals surface area contributed by atoms with Gasteiger partial charge in [0.2, 0.25) is 0 Å². The maximum absolute atomic E-state index is 4.69. The van der Waals surface area contributed by atoms with E-state index in [0.29, 0.717) is 5.82 Å². The minimum Gasteiger partial charge on any atom is -0.373 e. The first kappa shape index (κ1) is 17.3. The van der Waals surface area contributed by atoms with E-state index in [2.05, 4.69) is 34.5 Å². The molecule has 1 N–H and O–H groups in total. The second kappa shape index (κ2) is 8.03. The van der Waals surface area contributed by atoms with Crippen molar-refractivity contribution in [3.63, 3.8) is 0 Å². The average molecular weight is 340 g/mol. The summed E-state index contributed by atoms with van der Waals surface area (Å²) >= 11 is 0. The lowest BCUT2D eigenvalue weighted by molar-refractivity contribution is 1.20. The Morgan fingerprint density at radius 2 is 2.00 bits per heavy atom. The second-order valence-corrected chi connectivity index (χ2v) is 5.57. The third kappa shape index (κ3) is 3.59. The molecule has 2 heterocycles. The van der Waals surface area contributed by atoms with E-state index in [-0.39, 0.29) is 0 Å². The quantitative estimate of drug-likeness (QED) is 0.638. The van der Waals surface area contributed by atoms with Gasteiger partial charge >= 0.3 is 0 Å². The number of nitrogens with one attached hydrogen (secondary N) is 1. The summed E-state index contributed by atoms with van der Waals surface area (Å²) in [5, 5.41) is 4.13. The van der Waals surface area contributed by atoms with Gasteiger partial charge in [0.25, 0.3) is 0 Å². The number of rotatable bonds is 6. The fourth-order valence-electron chi connectivity index (χ4n) is 2.64. The number of allylic oxidation sites excluding steroid dienone is 6. The van der Waals surface area contributed by atoms with Crippen LogP contribution in [0.25, 0.3) is 27.9 Å². The molecule has 0 amide bonds. The highest BCUT2D eigenvalue weighted by Crippen LogP contribution is 2.28. The minimum atomic E-state index is 0.649. The van der Waals surface area contributed by atoms with E-state index < -0.39 is 0 Å². The highest BCUT2D eigenvalue weighted by atomic mass is 15.0. The summed E-state index contributed by atoms with van der Waals surface area (Å²) in [5.74, 6) is 1.43. The van der Waals surface area contributed by atoms with Crippen molar-refractivity contribution < 1.29 is 0 Å². The standard InChI is InChI=1S/C22H20N4/c1-4-6-7-9-16(5-2)17-11-12-20-19(14-17)22(23-3)26-21(25-20)18-10-8-13-24-15-18/h4-15H,1-2H2,3H3,(H,23,25,26)/b7-6-,16-9+. The molecule has 2 aromatic heterocycles. The van der Waals surface area contributed by atoms with Crippen molar-refractivity contribution >= 4 is 22.3 Å². The van der Waals surface area contributed by atoms with Gasteiger partial charge in [-0.1, -0.05) is 49.6 Å². The number of pyridine rings is 1. The lowest BCUT2D eigenvalue weighted by Crippen LogP contribution is -1.99. The molecule has 4 nitrogen and oxygen atoms in total. The van der Waals surface area contributed by atoms with E-state index in [0.717, 1.165) is 33.4 Å². The van der Waals surface area contributed by atoms with Crippen molar-refractivity contribution in [2.45, 2.75) is 0 Å². The first-order valence-corrected chi connectivity index (χ1v) is 8.29. The summed E-state index contributed by atoms with van der Waals surface area (Å²) < 4.78 is 0. The number of hydrogen-bond acceptors (Lipinski definition) is 4. The predicted octanol–water partition coefficient (Wildman–Crippen LogP) is 5.05. The van der Waals surface area contributed by atoms with Gasteiger partial charge in [0.15, 0.2) is 5.82 Å². The van der Waals surface area contributed by atoms with Crippen LogP contribution >= 0.6 is 0 Å². The Bertz CT molecular complexity index is 1000. The summed E-state index contributed by atoms with van der Waals surface area (Å²) in [6, 6.07) is 9.94. The number of nitrogens with zero attached hydrogens (tertiary/aromatic N) is 3. The van der Waals surface area contributed by atoms with Crippen LogP contribution in [0.1, 0.15) is 5.56 Å². The highest BCUT2D eigenvalue weighted by Gasteiger charge is 2.10. The van der Waals surface area contributed by atoms with Crippen LogP contribution in [0.2, 0.25) is 0 Å². The molecule has 26 heavy (non-hydrogen) atoms. The van der Waals surface area contributed by atoms with Crippen LogP contribution in [0.4, 0.5) is 5.82 Å². The van der Waals surface area contributed by atoms with E-state index in [1.54, 1.807) is 18.5 Å². The van der Waals surface area contributed by atoms with E-state index in [1.807, 2.05) is 55.6 Å². The van der Waals surface area contributed by atoms with Gasteiger partial charge in [-0.3, -0.25) is 4.98 Å². The summed E-state index contributed by atoms with van der Waals surface area (Å²) in [5.41, 5.74) is 3.83. The zero-order chi connectivity index (χ0) is 18.4. The summed E-state index contributed by atoms with van der Waals surface area (Å²) in [6.45, 7) is 7.59. The number of hydrogen-bond donors (Lipinski definition) is 1. The first-order valence-electron chi connectivity index (χ1n) is 8.29. The maximum atomic E-state index is 4.69. The van der Waals surface area contributed by atoms with Gasteiger partial charge in [0, 0.05) is 30.4 Å². The van der Waals surface area contributed by atoms with Crippen molar-refractivity contribution in [2.75, 3.05) is 12.4 Å². The molecule has 0 aliphatic rings. The maximum Gasteiger partial charge on any atom is 0.163 e. The molecule has 0 aliphatic carbocycles. The molecular weight excluding hydrogens is 320 g/mol. The van der Waals surface area contributed by atoms with Crippen LogP contribution in [0.15, 0.2) is 86.3 Å². The van der Waals surface area contributed by atoms with E-state index in [4.69, 9.17) is 4.98 Å². The van der Waals surface area contributed by atoms with Gasteiger partial charge < -0.3 is 5.32 Å². The molecule has 128 valence electrons. The average Bonchev–Trinajstić information content (AvgIpc) is 2.70. The molecule has 0 aliphatic heterocycles. The fourth-order valence-corrected chi connectivity index (χ4v) is 2.64. The summed E-state index contributed by atoms with van der Waals surface area (Å²) in [6.07, 6.45) is 12.9. The Kier molecular flexibility index (Phi) is 5.34. The molecule has 3 aromatic rings. The van der Waals surface area contributed by atoms with E-state index >= 15 is 0 Å². The van der Waals surface area contributed by atoms with E-state index in [1.165, 1.54) is 0 Å². The molecule has 0 bridgehead atoms. The Morgan fingerprint density at radius 1 is 1.12 bits per heavy atom. The molecule has 4 heteroatoms. The Hall–Kier alpha value is -3.53. The normalized spacial score (nSPS) is 11.7. The van der Waals surface area contributed by atoms with Gasteiger partial charge in [-0.15, -0.1) is 0 Å². The smallest absolute Gasteiger partial charge is 0.163 e. The van der Waals surface area contributed by atoms with Gasteiger partial charge in [-0.25, -0.2) is 9.97 Å². The van der Waals surface area contributed by atoms with Crippen LogP contribution in [-0.4, -0.2) is 22.0 Å². The molecule has 0 spiro atoms. The lowest BCUT2D eigenvalue weighted by Gasteiger charge is -2.10. The van der Waals surface area contributed by atoms with Crippen molar-refractivity contribution in [1.29, 1.82) is 0 Å². The minimum absolute atomic E-state index is 0.649. The van der Waals surface area contributed by atoms with Gasteiger partial charge in [0.1, 0.15) is 5.82 Å². The van der Waals surface area contributed by atoms with Crippen molar-refractivity contribution in [3.8, 4) is 11.4 Å². The van der Waals surface area contributed by atoms with E-state index in [9.17, 15) is 0 Å². The third-order valence-corrected chi connectivity index (χ3v) is 3.93. The van der Waals surface area contributed by atoms with Crippen molar-refractivity contribution in [2.24, 2.45) is 0 Å². The largest absolute Gasteiger partial charge is 0.373 e. The topological polar surface area (TPSA) is 50.7 Å². The predicted molar refractivity (Wildman–Crippen MR) is 110 cm³/mol. The molecule has 0 atom stereocenters. The molecule has 0 saturated carbocycles. The van der Waals surface area contributed by atoms with Gasteiger partial charge in [-0.2, -0.15) is 0 Å². The fraction of sp³-hybridized carbons (Fsp3) is 0.0455. The third-order valence-electron chi connectivity index (χ3n) is 3.93. The SMILES string of the molecule is C=C/C=C\C=C(/C=C)c1ccc2nc(-c3cccnc3)nc(NC)c2c1. The molecule has 0 radical (unpaired) electrons. The number of benzene rings is 1. The van der Waals surface area contributed by atoms with Crippen LogP contribution in [-0.2, 0) is 0 Å². The monoisotopic (exact) mass is 340 g/mol. The van der Waals surface area contributed by atoms with Crippen LogP contribution in [0.5, 0.6) is 0 Å². The van der Waals surface area contributed by atoms with Crippen LogP contribution in [0, 0.1) is 0 Å². The molecule has 3 rings (SSSR count). The number of anilines is 1. The lowest BCUT2D eigenvalue weighted by atomic mass is 10.0. The number of aromatic nitrogens is 3. The Labute approximate surface area is 153 Å². The zero-order valence-electron chi connectivity index (χ0n) is 14.7. The Morgan fingerprint density at radius 3 is 2.69 bits per heavy atom. The molecule has 0 unspecified atom stereocenters. The van der Waals surface area contributed by atoms with Crippen LogP contribution in [0.3, 0.4) is 0 Å².